The van der Waals surface area contributed by atoms with E-state index in [-0.39, 0.29) is 12.0 Å². The van der Waals surface area contributed by atoms with Crippen LogP contribution in [0.2, 0.25) is 5.02 Å². The summed E-state index contributed by atoms with van der Waals surface area (Å²) in [6.45, 7) is 6.16. The minimum atomic E-state index is -0.631. The van der Waals surface area contributed by atoms with Gasteiger partial charge in [-0.05, 0) is 32.4 Å². The Morgan fingerprint density at radius 2 is 2.10 bits per heavy atom. The Hall–Kier alpha value is -1.26. The molecule has 0 aliphatic carbocycles. The topological polar surface area (TPSA) is 47.6 Å². The third kappa shape index (κ3) is 4.12. The van der Waals surface area contributed by atoms with Crippen molar-refractivity contribution in [2.24, 2.45) is 0 Å². The Bertz CT molecular complexity index is 451. The Morgan fingerprint density at radius 1 is 1.40 bits per heavy atom. The van der Waals surface area contributed by atoms with Crippen LogP contribution >= 0.6 is 11.6 Å². The fourth-order valence-corrected chi connectivity index (χ4v) is 2.15. The van der Waals surface area contributed by atoms with Crippen LogP contribution in [-0.4, -0.2) is 25.7 Å². The molecule has 1 aromatic carbocycles. The third-order valence-electron chi connectivity index (χ3n) is 3.11. The van der Waals surface area contributed by atoms with Crippen molar-refractivity contribution in [3.8, 4) is 5.75 Å². The number of hydrogen-bond donors (Lipinski definition) is 1. The maximum atomic E-state index is 12.2. The zero-order valence-corrected chi connectivity index (χ0v) is 13.2. The van der Waals surface area contributed by atoms with E-state index < -0.39 is 6.04 Å². The monoisotopic (exact) mass is 299 g/mol. The Labute approximate surface area is 125 Å². The SMILES string of the molecule is CCOC(=O)C(NC(C)CC)c1c(Cl)cccc1OC. The number of halogens is 1. The van der Waals surface area contributed by atoms with Crippen molar-refractivity contribution in [3.05, 3.63) is 28.8 Å². The van der Waals surface area contributed by atoms with Gasteiger partial charge in [0.15, 0.2) is 0 Å². The summed E-state index contributed by atoms with van der Waals surface area (Å²) in [5.41, 5.74) is 0.621. The maximum absolute atomic E-state index is 12.2. The fraction of sp³-hybridized carbons (Fsp3) is 0.533. The third-order valence-corrected chi connectivity index (χ3v) is 3.44. The molecule has 2 unspecified atom stereocenters. The highest BCUT2D eigenvalue weighted by atomic mass is 35.5. The molecule has 1 N–H and O–H groups in total. The van der Waals surface area contributed by atoms with Crippen molar-refractivity contribution in [2.45, 2.75) is 39.3 Å². The van der Waals surface area contributed by atoms with E-state index in [2.05, 4.69) is 5.32 Å². The number of carbonyl (C=O) groups excluding carboxylic acids is 1. The molecule has 0 radical (unpaired) electrons. The van der Waals surface area contributed by atoms with Crippen molar-refractivity contribution in [1.82, 2.24) is 5.32 Å². The van der Waals surface area contributed by atoms with Gasteiger partial charge >= 0.3 is 5.97 Å². The Morgan fingerprint density at radius 3 is 2.65 bits per heavy atom. The average molecular weight is 300 g/mol. The molecule has 0 aromatic heterocycles. The number of esters is 1. The number of methoxy groups -OCH3 is 1. The van der Waals surface area contributed by atoms with Crippen molar-refractivity contribution < 1.29 is 14.3 Å². The lowest BCUT2D eigenvalue weighted by Crippen LogP contribution is -2.36. The highest BCUT2D eigenvalue weighted by Crippen LogP contribution is 2.33. The highest BCUT2D eigenvalue weighted by molar-refractivity contribution is 6.31. The average Bonchev–Trinajstić information content (AvgIpc) is 2.44. The summed E-state index contributed by atoms with van der Waals surface area (Å²) >= 11 is 6.25. The van der Waals surface area contributed by atoms with E-state index in [9.17, 15) is 4.79 Å². The van der Waals surface area contributed by atoms with E-state index in [1.165, 1.54) is 0 Å². The standard InChI is InChI=1S/C15H22ClNO3/c1-5-10(3)17-14(15(18)20-6-2)13-11(16)8-7-9-12(13)19-4/h7-10,14,17H,5-6H2,1-4H3. The second kappa shape index (κ2) is 8.12. The van der Waals surface area contributed by atoms with Crippen LogP contribution in [0.15, 0.2) is 18.2 Å². The molecule has 2 atom stereocenters. The Balaban J connectivity index is 3.18. The lowest BCUT2D eigenvalue weighted by Gasteiger charge is -2.24. The van der Waals surface area contributed by atoms with Crippen LogP contribution in [0.5, 0.6) is 5.75 Å². The van der Waals surface area contributed by atoms with Gasteiger partial charge in [-0.15, -0.1) is 0 Å². The molecule has 1 aromatic rings. The zero-order valence-electron chi connectivity index (χ0n) is 12.4. The first-order valence-electron chi connectivity index (χ1n) is 6.80. The van der Waals surface area contributed by atoms with Gasteiger partial charge in [-0.1, -0.05) is 24.6 Å². The summed E-state index contributed by atoms with van der Waals surface area (Å²) in [5.74, 6) is 0.227. The first kappa shape index (κ1) is 16.8. The molecular weight excluding hydrogens is 278 g/mol. The van der Waals surface area contributed by atoms with Gasteiger partial charge in [-0.25, -0.2) is 4.79 Å². The smallest absolute Gasteiger partial charge is 0.327 e. The second-order valence-electron chi connectivity index (χ2n) is 4.52. The number of benzene rings is 1. The summed E-state index contributed by atoms with van der Waals surface area (Å²) < 4.78 is 10.5. The molecule has 0 saturated carbocycles. The molecule has 0 heterocycles. The normalized spacial score (nSPS) is 13.7. The van der Waals surface area contributed by atoms with E-state index in [1.54, 1.807) is 32.2 Å². The quantitative estimate of drug-likeness (QED) is 0.785. The molecule has 0 aliphatic rings. The summed E-state index contributed by atoms with van der Waals surface area (Å²) in [7, 11) is 1.56. The molecule has 1 rings (SSSR count). The van der Waals surface area contributed by atoms with Crippen molar-refractivity contribution >= 4 is 17.6 Å². The van der Waals surface area contributed by atoms with Gasteiger partial charge in [0.2, 0.25) is 0 Å². The van der Waals surface area contributed by atoms with Gasteiger partial charge in [0.05, 0.1) is 13.7 Å². The lowest BCUT2D eigenvalue weighted by molar-refractivity contribution is -0.146. The van der Waals surface area contributed by atoms with Crippen LogP contribution in [0.3, 0.4) is 0 Å². The molecule has 112 valence electrons. The van der Waals surface area contributed by atoms with Crippen LogP contribution in [0.25, 0.3) is 0 Å². The molecule has 0 aliphatic heterocycles. The predicted octanol–water partition coefficient (Wildman–Crippen LogP) is 3.34. The molecule has 0 amide bonds. The first-order valence-corrected chi connectivity index (χ1v) is 7.17. The van der Waals surface area contributed by atoms with Crippen LogP contribution in [0, 0.1) is 0 Å². The van der Waals surface area contributed by atoms with Gasteiger partial charge in [0, 0.05) is 16.6 Å². The van der Waals surface area contributed by atoms with Crippen LogP contribution in [-0.2, 0) is 9.53 Å². The second-order valence-corrected chi connectivity index (χ2v) is 4.92. The summed E-state index contributed by atoms with van der Waals surface area (Å²) in [4.78, 5) is 12.2. The van der Waals surface area contributed by atoms with Gasteiger partial charge in [-0.3, -0.25) is 5.32 Å². The van der Waals surface area contributed by atoms with Gasteiger partial charge in [-0.2, -0.15) is 0 Å². The molecular formula is C15H22ClNO3. The largest absolute Gasteiger partial charge is 0.496 e. The molecule has 5 heteroatoms. The van der Waals surface area contributed by atoms with Crippen molar-refractivity contribution in [3.63, 3.8) is 0 Å². The highest BCUT2D eigenvalue weighted by Gasteiger charge is 2.28. The van der Waals surface area contributed by atoms with E-state index in [0.717, 1.165) is 6.42 Å². The van der Waals surface area contributed by atoms with Gasteiger partial charge in [0.25, 0.3) is 0 Å². The molecule has 4 nitrogen and oxygen atoms in total. The lowest BCUT2D eigenvalue weighted by atomic mass is 10.0. The van der Waals surface area contributed by atoms with E-state index in [1.807, 2.05) is 13.8 Å². The van der Waals surface area contributed by atoms with Crippen molar-refractivity contribution in [2.75, 3.05) is 13.7 Å². The van der Waals surface area contributed by atoms with Crippen LogP contribution in [0.4, 0.5) is 0 Å². The minimum absolute atomic E-state index is 0.158. The summed E-state index contributed by atoms with van der Waals surface area (Å²) in [6.07, 6.45) is 0.892. The molecule has 0 fully saturated rings. The summed E-state index contributed by atoms with van der Waals surface area (Å²) in [6, 6.07) is 4.84. The molecule has 0 saturated heterocycles. The fourth-order valence-electron chi connectivity index (χ4n) is 1.87. The van der Waals surface area contributed by atoms with E-state index in [0.29, 0.717) is 22.9 Å². The van der Waals surface area contributed by atoms with Gasteiger partial charge in [0.1, 0.15) is 11.8 Å². The number of rotatable bonds is 7. The molecule has 20 heavy (non-hydrogen) atoms. The van der Waals surface area contributed by atoms with E-state index >= 15 is 0 Å². The Kier molecular flexibility index (Phi) is 6.82. The van der Waals surface area contributed by atoms with Crippen molar-refractivity contribution in [1.29, 1.82) is 0 Å². The minimum Gasteiger partial charge on any atom is -0.496 e. The van der Waals surface area contributed by atoms with Crippen LogP contribution < -0.4 is 10.1 Å². The van der Waals surface area contributed by atoms with E-state index in [4.69, 9.17) is 21.1 Å². The molecule has 0 bridgehead atoms. The zero-order chi connectivity index (χ0) is 15.1. The number of nitrogens with one attached hydrogen (secondary N) is 1. The van der Waals surface area contributed by atoms with Gasteiger partial charge < -0.3 is 9.47 Å². The van der Waals surface area contributed by atoms with Crippen LogP contribution in [0.1, 0.15) is 38.8 Å². The number of ether oxygens (including phenoxy) is 2. The number of hydrogen-bond acceptors (Lipinski definition) is 4. The maximum Gasteiger partial charge on any atom is 0.327 e. The number of carbonyl (C=O) groups is 1. The molecule has 0 spiro atoms. The summed E-state index contributed by atoms with van der Waals surface area (Å²) in [5, 5.41) is 3.73. The predicted molar refractivity (Wildman–Crippen MR) is 80.3 cm³/mol. The first-order chi connectivity index (χ1) is 9.54.